The standard InChI is InChI=1S/C12H24N2O2.ClH/c1-12(2,3)16-11(15)14-8-6-5-7-10(14)9-13-4;/h10,13H,5-9H2,1-4H3;1H. The molecule has 0 spiro atoms. The van der Waals surface area contributed by atoms with Crippen LogP contribution >= 0.6 is 12.4 Å². The number of likely N-dealkylation sites (N-methyl/N-ethyl adjacent to an activating group) is 1. The maximum Gasteiger partial charge on any atom is 0.410 e. The first-order valence-corrected chi connectivity index (χ1v) is 6.08. The van der Waals surface area contributed by atoms with E-state index in [9.17, 15) is 4.79 Å². The van der Waals surface area contributed by atoms with Crippen molar-refractivity contribution in [1.82, 2.24) is 10.2 Å². The maximum atomic E-state index is 12.0. The first kappa shape index (κ1) is 16.5. The van der Waals surface area contributed by atoms with Crippen LogP contribution in [0.4, 0.5) is 4.79 Å². The number of carbonyl (C=O) groups is 1. The second-order valence-electron chi connectivity index (χ2n) is 5.38. The molecular formula is C12H25ClN2O2. The van der Waals surface area contributed by atoms with E-state index in [0.717, 1.165) is 25.9 Å². The van der Waals surface area contributed by atoms with E-state index in [1.54, 1.807) is 0 Å². The molecule has 1 N–H and O–H groups in total. The predicted molar refractivity (Wildman–Crippen MR) is 71.8 cm³/mol. The minimum absolute atomic E-state index is 0. The van der Waals surface area contributed by atoms with Gasteiger partial charge in [0, 0.05) is 19.1 Å². The zero-order valence-corrected chi connectivity index (χ0v) is 12.1. The van der Waals surface area contributed by atoms with Crippen molar-refractivity contribution in [2.45, 2.75) is 51.7 Å². The number of nitrogens with one attached hydrogen (secondary N) is 1. The second-order valence-corrected chi connectivity index (χ2v) is 5.38. The zero-order valence-electron chi connectivity index (χ0n) is 11.3. The molecule has 0 bridgehead atoms. The molecule has 1 rings (SSSR count). The molecule has 1 heterocycles. The second kappa shape index (κ2) is 7.07. The number of hydrogen-bond acceptors (Lipinski definition) is 3. The summed E-state index contributed by atoms with van der Waals surface area (Å²) in [6, 6.07) is 0.286. The highest BCUT2D eigenvalue weighted by Crippen LogP contribution is 2.19. The van der Waals surface area contributed by atoms with E-state index in [0.29, 0.717) is 0 Å². The molecule has 0 saturated carbocycles. The molecule has 1 fully saturated rings. The van der Waals surface area contributed by atoms with Crippen molar-refractivity contribution >= 4 is 18.5 Å². The lowest BCUT2D eigenvalue weighted by Gasteiger charge is -2.36. The van der Waals surface area contributed by atoms with Gasteiger partial charge in [-0.05, 0) is 47.1 Å². The van der Waals surface area contributed by atoms with Gasteiger partial charge in [0.15, 0.2) is 0 Å². The first-order chi connectivity index (χ1) is 7.44. The van der Waals surface area contributed by atoms with Gasteiger partial charge in [-0.1, -0.05) is 0 Å². The van der Waals surface area contributed by atoms with E-state index < -0.39 is 5.60 Å². The Kier molecular flexibility index (Phi) is 6.87. The number of halogens is 1. The Morgan fingerprint density at radius 1 is 1.41 bits per heavy atom. The molecule has 5 heteroatoms. The van der Waals surface area contributed by atoms with E-state index in [4.69, 9.17) is 4.74 Å². The minimum Gasteiger partial charge on any atom is -0.444 e. The number of carbonyl (C=O) groups excluding carboxylic acids is 1. The molecule has 0 aliphatic carbocycles. The summed E-state index contributed by atoms with van der Waals surface area (Å²) in [5.74, 6) is 0. The number of piperidine rings is 1. The van der Waals surface area contributed by atoms with Crippen LogP contribution in [0.1, 0.15) is 40.0 Å². The van der Waals surface area contributed by atoms with Gasteiger partial charge in [-0.3, -0.25) is 0 Å². The molecule has 102 valence electrons. The molecule has 1 amide bonds. The molecule has 1 saturated heterocycles. The monoisotopic (exact) mass is 264 g/mol. The van der Waals surface area contributed by atoms with E-state index >= 15 is 0 Å². The average molecular weight is 265 g/mol. The van der Waals surface area contributed by atoms with Gasteiger partial charge in [0.2, 0.25) is 0 Å². The summed E-state index contributed by atoms with van der Waals surface area (Å²) in [5.41, 5.74) is -0.404. The third kappa shape index (κ3) is 5.59. The number of hydrogen-bond donors (Lipinski definition) is 1. The summed E-state index contributed by atoms with van der Waals surface area (Å²) < 4.78 is 5.41. The third-order valence-electron chi connectivity index (χ3n) is 2.69. The molecule has 1 unspecified atom stereocenters. The minimum atomic E-state index is -0.404. The fourth-order valence-corrected chi connectivity index (χ4v) is 2.01. The Morgan fingerprint density at radius 3 is 2.59 bits per heavy atom. The fraction of sp³-hybridized carbons (Fsp3) is 0.917. The highest BCUT2D eigenvalue weighted by atomic mass is 35.5. The molecular weight excluding hydrogens is 240 g/mol. The number of nitrogens with zero attached hydrogens (tertiary/aromatic N) is 1. The third-order valence-corrected chi connectivity index (χ3v) is 2.69. The highest BCUT2D eigenvalue weighted by Gasteiger charge is 2.29. The maximum absolute atomic E-state index is 12.0. The summed E-state index contributed by atoms with van der Waals surface area (Å²) in [4.78, 5) is 13.8. The fourth-order valence-electron chi connectivity index (χ4n) is 2.01. The number of likely N-dealkylation sites (tertiary alicyclic amines) is 1. The van der Waals surface area contributed by atoms with Crippen molar-refractivity contribution in [1.29, 1.82) is 0 Å². The smallest absolute Gasteiger partial charge is 0.410 e. The summed E-state index contributed by atoms with van der Waals surface area (Å²) >= 11 is 0. The molecule has 17 heavy (non-hydrogen) atoms. The molecule has 0 aromatic rings. The van der Waals surface area contributed by atoms with Gasteiger partial charge in [-0.15, -0.1) is 12.4 Å². The zero-order chi connectivity index (χ0) is 12.2. The van der Waals surface area contributed by atoms with Crippen LogP contribution in [0.2, 0.25) is 0 Å². The highest BCUT2D eigenvalue weighted by molar-refractivity contribution is 5.85. The van der Waals surface area contributed by atoms with Crippen molar-refractivity contribution in [3.05, 3.63) is 0 Å². The van der Waals surface area contributed by atoms with Gasteiger partial charge in [-0.2, -0.15) is 0 Å². The van der Waals surface area contributed by atoms with Crippen LogP contribution < -0.4 is 5.32 Å². The number of rotatable bonds is 2. The van der Waals surface area contributed by atoms with Gasteiger partial charge in [0.1, 0.15) is 5.60 Å². The Labute approximate surface area is 110 Å². The largest absolute Gasteiger partial charge is 0.444 e. The average Bonchev–Trinajstić information content (AvgIpc) is 2.16. The predicted octanol–water partition coefficient (Wildman–Crippen LogP) is 2.42. The van der Waals surface area contributed by atoms with Crippen LogP contribution in [0.25, 0.3) is 0 Å². The Hall–Kier alpha value is -0.480. The van der Waals surface area contributed by atoms with Crippen LogP contribution in [0.3, 0.4) is 0 Å². The lowest BCUT2D eigenvalue weighted by molar-refractivity contribution is 0.0102. The van der Waals surface area contributed by atoms with E-state index in [2.05, 4.69) is 5.32 Å². The van der Waals surface area contributed by atoms with Crippen LogP contribution in [0.15, 0.2) is 0 Å². The van der Waals surface area contributed by atoms with Crippen LogP contribution in [-0.4, -0.2) is 42.8 Å². The lowest BCUT2D eigenvalue weighted by atomic mass is 10.0. The number of amides is 1. The van der Waals surface area contributed by atoms with E-state index in [1.165, 1.54) is 6.42 Å². The molecule has 1 aliphatic rings. The van der Waals surface area contributed by atoms with Crippen LogP contribution in [-0.2, 0) is 4.74 Å². The van der Waals surface area contributed by atoms with Gasteiger partial charge in [0.05, 0.1) is 0 Å². The van der Waals surface area contributed by atoms with Gasteiger partial charge >= 0.3 is 6.09 Å². The van der Waals surface area contributed by atoms with Crippen LogP contribution in [0.5, 0.6) is 0 Å². The van der Waals surface area contributed by atoms with Gasteiger partial charge in [0.25, 0.3) is 0 Å². The Balaban J connectivity index is 0.00000256. The topological polar surface area (TPSA) is 41.6 Å². The van der Waals surface area contributed by atoms with Crippen molar-refractivity contribution in [3.63, 3.8) is 0 Å². The van der Waals surface area contributed by atoms with Crippen LogP contribution in [0, 0.1) is 0 Å². The Bertz CT molecular complexity index is 239. The van der Waals surface area contributed by atoms with Crippen molar-refractivity contribution in [2.24, 2.45) is 0 Å². The SMILES string of the molecule is CNCC1CCCCN1C(=O)OC(C)(C)C.Cl. The summed E-state index contributed by atoms with van der Waals surface area (Å²) in [7, 11) is 1.92. The molecule has 0 aromatic carbocycles. The Morgan fingerprint density at radius 2 is 2.06 bits per heavy atom. The quantitative estimate of drug-likeness (QED) is 0.833. The molecule has 0 radical (unpaired) electrons. The van der Waals surface area contributed by atoms with E-state index in [1.807, 2.05) is 32.7 Å². The molecule has 1 atom stereocenters. The molecule has 0 aromatic heterocycles. The summed E-state index contributed by atoms with van der Waals surface area (Å²) in [5, 5.41) is 3.14. The summed E-state index contributed by atoms with van der Waals surface area (Å²) in [6.07, 6.45) is 3.18. The molecule has 4 nitrogen and oxygen atoms in total. The first-order valence-electron chi connectivity index (χ1n) is 6.08. The lowest BCUT2D eigenvalue weighted by Crippen LogP contribution is -2.49. The summed E-state index contributed by atoms with van der Waals surface area (Å²) in [6.45, 7) is 7.38. The van der Waals surface area contributed by atoms with Crippen molar-refractivity contribution in [3.8, 4) is 0 Å². The van der Waals surface area contributed by atoms with Gasteiger partial charge < -0.3 is 15.0 Å². The molecule has 1 aliphatic heterocycles. The number of ether oxygens (including phenoxy) is 1. The van der Waals surface area contributed by atoms with Crippen molar-refractivity contribution in [2.75, 3.05) is 20.1 Å². The van der Waals surface area contributed by atoms with Gasteiger partial charge in [-0.25, -0.2) is 4.79 Å². The normalized spacial score (nSPS) is 20.7. The van der Waals surface area contributed by atoms with Crippen molar-refractivity contribution < 1.29 is 9.53 Å². The van der Waals surface area contributed by atoms with E-state index in [-0.39, 0.29) is 24.5 Å².